The fourth-order valence-electron chi connectivity index (χ4n) is 3.23. The number of ether oxygens (including phenoxy) is 2. The topological polar surface area (TPSA) is 38.7 Å². The van der Waals surface area contributed by atoms with Crippen molar-refractivity contribution in [3.8, 4) is 5.75 Å². The summed E-state index contributed by atoms with van der Waals surface area (Å²) in [6, 6.07) is 14.0. The predicted octanol–water partition coefficient (Wildman–Crippen LogP) is 4.54. The van der Waals surface area contributed by atoms with Crippen molar-refractivity contribution >= 4 is 11.6 Å². The van der Waals surface area contributed by atoms with Crippen LogP contribution in [-0.4, -0.2) is 24.4 Å². The molecule has 1 aliphatic rings. The Balaban J connectivity index is 1.80. The minimum absolute atomic E-state index is 0.0690. The average Bonchev–Trinajstić information content (AvgIpc) is 2.56. The molecular weight excluding hydrogens is 324 g/mol. The van der Waals surface area contributed by atoms with E-state index in [1.165, 1.54) is 5.56 Å². The molecule has 128 valence electrons. The van der Waals surface area contributed by atoms with Gasteiger partial charge in [0, 0.05) is 11.4 Å². The summed E-state index contributed by atoms with van der Waals surface area (Å²) in [7, 11) is 1.66. The van der Waals surface area contributed by atoms with Gasteiger partial charge in [0.05, 0.1) is 25.4 Å². The van der Waals surface area contributed by atoms with Crippen molar-refractivity contribution in [2.24, 2.45) is 0 Å². The van der Waals surface area contributed by atoms with E-state index in [1.54, 1.807) is 7.11 Å². The third kappa shape index (κ3) is 4.10. The van der Waals surface area contributed by atoms with Crippen molar-refractivity contribution in [2.45, 2.75) is 44.5 Å². The van der Waals surface area contributed by atoms with Gasteiger partial charge in [-0.3, -0.25) is 0 Å². The van der Waals surface area contributed by atoms with Crippen LogP contribution in [0, 0.1) is 0 Å². The van der Waals surface area contributed by atoms with E-state index in [0.717, 1.165) is 28.3 Å². The van der Waals surface area contributed by atoms with Crippen LogP contribution >= 0.6 is 11.6 Å². The number of hydrogen-bond donors (Lipinski definition) is 1. The van der Waals surface area contributed by atoms with Crippen LogP contribution in [0.25, 0.3) is 0 Å². The molecular formula is C20H23ClO3. The van der Waals surface area contributed by atoms with Gasteiger partial charge in [-0.05, 0) is 54.7 Å². The van der Waals surface area contributed by atoms with E-state index in [1.807, 2.05) is 43.3 Å². The molecule has 0 aromatic heterocycles. The smallest absolute Gasteiger partial charge is 0.118 e. The molecule has 1 fully saturated rings. The molecule has 0 aliphatic carbocycles. The summed E-state index contributed by atoms with van der Waals surface area (Å²) in [5.41, 5.74) is 3.32. The van der Waals surface area contributed by atoms with Crippen LogP contribution in [0.1, 0.15) is 42.6 Å². The molecule has 0 unspecified atom stereocenters. The number of halogens is 1. The number of aliphatic hydroxyl groups excluding tert-OH is 1. The normalized spacial score (nSPS) is 23.9. The van der Waals surface area contributed by atoms with Gasteiger partial charge in [-0.25, -0.2) is 0 Å². The molecule has 0 saturated carbocycles. The van der Waals surface area contributed by atoms with Gasteiger partial charge in [-0.2, -0.15) is 0 Å². The van der Waals surface area contributed by atoms with Crippen LogP contribution in [0.5, 0.6) is 5.75 Å². The molecule has 2 aromatic rings. The lowest BCUT2D eigenvalue weighted by Gasteiger charge is -2.31. The van der Waals surface area contributed by atoms with Gasteiger partial charge >= 0.3 is 0 Å². The van der Waals surface area contributed by atoms with E-state index in [9.17, 15) is 5.11 Å². The Morgan fingerprint density at radius 1 is 1.17 bits per heavy atom. The van der Waals surface area contributed by atoms with Crippen LogP contribution in [0.4, 0.5) is 0 Å². The monoisotopic (exact) mass is 346 g/mol. The van der Waals surface area contributed by atoms with Crippen molar-refractivity contribution in [3.05, 3.63) is 64.2 Å². The van der Waals surface area contributed by atoms with Gasteiger partial charge in [-0.1, -0.05) is 35.9 Å². The second kappa shape index (κ2) is 7.56. The highest BCUT2D eigenvalue weighted by molar-refractivity contribution is 6.31. The number of aliphatic hydroxyl groups is 1. The summed E-state index contributed by atoms with van der Waals surface area (Å²) in [6.07, 6.45) is 1.77. The first-order valence-corrected chi connectivity index (χ1v) is 8.67. The van der Waals surface area contributed by atoms with E-state index < -0.39 is 0 Å². The number of rotatable bonds is 4. The Morgan fingerprint density at radius 3 is 2.58 bits per heavy atom. The second-order valence-electron chi connectivity index (χ2n) is 6.44. The van der Waals surface area contributed by atoms with Crippen molar-refractivity contribution in [3.63, 3.8) is 0 Å². The molecule has 3 rings (SSSR count). The zero-order valence-electron chi connectivity index (χ0n) is 14.0. The molecule has 4 heteroatoms. The maximum atomic E-state index is 10.0. The number of hydrogen-bond acceptors (Lipinski definition) is 3. The molecule has 1 heterocycles. The maximum absolute atomic E-state index is 10.0. The summed E-state index contributed by atoms with van der Waals surface area (Å²) >= 11 is 6.39. The Labute approximate surface area is 148 Å². The molecule has 24 heavy (non-hydrogen) atoms. The number of methoxy groups -OCH3 is 1. The third-order valence-electron chi connectivity index (χ3n) is 4.48. The Bertz CT molecular complexity index is 674. The summed E-state index contributed by atoms with van der Waals surface area (Å²) < 4.78 is 11.2. The molecule has 1 saturated heterocycles. The molecule has 0 amide bonds. The molecule has 3 atom stereocenters. The Hall–Kier alpha value is -1.55. The van der Waals surface area contributed by atoms with E-state index in [0.29, 0.717) is 12.8 Å². The fourth-order valence-corrected chi connectivity index (χ4v) is 3.41. The van der Waals surface area contributed by atoms with Crippen LogP contribution in [-0.2, 0) is 11.2 Å². The quantitative estimate of drug-likeness (QED) is 0.883. The van der Waals surface area contributed by atoms with Crippen molar-refractivity contribution in [1.82, 2.24) is 0 Å². The lowest BCUT2D eigenvalue weighted by atomic mass is 9.94. The minimum Gasteiger partial charge on any atom is -0.497 e. The van der Waals surface area contributed by atoms with E-state index in [4.69, 9.17) is 21.1 Å². The van der Waals surface area contributed by atoms with E-state index >= 15 is 0 Å². The fraction of sp³-hybridized carbons (Fsp3) is 0.400. The predicted molar refractivity (Wildman–Crippen MR) is 95.8 cm³/mol. The zero-order chi connectivity index (χ0) is 17.1. The van der Waals surface area contributed by atoms with Crippen LogP contribution in [0.15, 0.2) is 42.5 Å². The first-order valence-electron chi connectivity index (χ1n) is 8.30. The minimum atomic E-state index is -0.306. The first kappa shape index (κ1) is 17.3. The van der Waals surface area contributed by atoms with Crippen LogP contribution in [0.3, 0.4) is 0 Å². The average molecular weight is 347 g/mol. The van der Waals surface area contributed by atoms with Gasteiger partial charge < -0.3 is 14.6 Å². The lowest BCUT2D eigenvalue weighted by molar-refractivity contribution is -0.0895. The Morgan fingerprint density at radius 2 is 1.92 bits per heavy atom. The van der Waals surface area contributed by atoms with Crippen molar-refractivity contribution < 1.29 is 14.6 Å². The molecule has 1 aliphatic heterocycles. The van der Waals surface area contributed by atoms with Crippen molar-refractivity contribution in [2.75, 3.05) is 7.11 Å². The molecule has 2 aromatic carbocycles. The molecule has 0 bridgehead atoms. The molecule has 3 nitrogen and oxygen atoms in total. The molecule has 1 N–H and O–H groups in total. The first-order chi connectivity index (χ1) is 11.5. The highest BCUT2D eigenvalue weighted by atomic mass is 35.5. The largest absolute Gasteiger partial charge is 0.497 e. The summed E-state index contributed by atoms with van der Waals surface area (Å²) in [5.74, 6) is 0.845. The van der Waals surface area contributed by atoms with Gasteiger partial charge in [-0.15, -0.1) is 0 Å². The molecule has 0 radical (unpaired) electrons. The van der Waals surface area contributed by atoms with Gasteiger partial charge in [0.2, 0.25) is 0 Å². The summed E-state index contributed by atoms with van der Waals surface area (Å²) in [4.78, 5) is 0. The van der Waals surface area contributed by atoms with Gasteiger partial charge in [0.25, 0.3) is 0 Å². The van der Waals surface area contributed by atoms with Crippen LogP contribution < -0.4 is 4.74 Å². The zero-order valence-corrected chi connectivity index (χ0v) is 14.8. The van der Waals surface area contributed by atoms with Crippen molar-refractivity contribution in [1.29, 1.82) is 0 Å². The van der Waals surface area contributed by atoms with Gasteiger partial charge in [0.1, 0.15) is 5.75 Å². The Kier molecular flexibility index (Phi) is 5.44. The summed E-state index contributed by atoms with van der Waals surface area (Å²) in [5, 5.41) is 10.8. The van der Waals surface area contributed by atoms with E-state index in [-0.39, 0.29) is 18.3 Å². The lowest BCUT2D eigenvalue weighted by Crippen LogP contribution is -2.29. The summed E-state index contributed by atoms with van der Waals surface area (Å²) in [6.45, 7) is 2.00. The van der Waals surface area contributed by atoms with Crippen LogP contribution in [0.2, 0.25) is 5.02 Å². The third-order valence-corrected chi connectivity index (χ3v) is 4.85. The second-order valence-corrected chi connectivity index (χ2v) is 6.84. The van der Waals surface area contributed by atoms with Gasteiger partial charge in [0.15, 0.2) is 0 Å². The standard InChI is InChI=1S/C20H23ClO3/c1-13-9-17(22)12-20(24-13)15-5-8-19(21)16(11-15)10-14-3-6-18(23-2)7-4-14/h3-8,11,13,17,20,22H,9-10,12H2,1-2H3/t13-,17+,20-/m1/s1. The SMILES string of the molecule is COc1ccc(Cc2cc([C@H]3C[C@@H](O)C[C@@H](C)O3)ccc2Cl)cc1. The highest BCUT2D eigenvalue weighted by Crippen LogP contribution is 2.33. The molecule has 0 spiro atoms. The maximum Gasteiger partial charge on any atom is 0.118 e. The number of benzene rings is 2. The highest BCUT2D eigenvalue weighted by Gasteiger charge is 2.27. The van der Waals surface area contributed by atoms with E-state index in [2.05, 4.69) is 6.07 Å².